The molecule has 0 aromatic heterocycles. The predicted molar refractivity (Wildman–Crippen MR) is 78.7 cm³/mol. The van der Waals surface area contributed by atoms with E-state index in [4.69, 9.17) is 9.88 Å². The Morgan fingerprint density at radius 2 is 2.10 bits per heavy atom. The highest BCUT2D eigenvalue weighted by molar-refractivity contribution is 7.89. The van der Waals surface area contributed by atoms with Crippen LogP contribution in [0, 0.1) is 0 Å². The highest BCUT2D eigenvalue weighted by atomic mass is 32.2. The molecule has 1 saturated heterocycles. The molecule has 0 spiro atoms. The summed E-state index contributed by atoms with van der Waals surface area (Å²) in [6.45, 7) is 2.66. The molecule has 2 rings (SSSR count). The molecule has 0 radical (unpaired) electrons. The maximum atomic E-state index is 12.7. The van der Waals surface area contributed by atoms with Gasteiger partial charge in [0.15, 0.2) is 0 Å². The number of nitrogens with zero attached hydrogens (tertiary/aromatic N) is 1. The van der Waals surface area contributed by atoms with Gasteiger partial charge in [0, 0.05) is 12.6 Å². The van der Waals surface area contributed by atoms with Gasteiger partial charge in [0.05, 0.1) is 17.6 Å². The molecule has 7 heteroatoms. The first-order valence-corrected chi connectivity index (χ1v) is 8.41. The van der Waals surface area contributed by atoms with Crippen LogP contribution in [0.2, 0.25) is 0 Å². The van der Waals surface area contributed by atoms with E-state index in [2.05, 4.69) is 0 Å². The molecule has 0 bridgehead atoms. The first-order chi connectivity index (χ1) is 9.84. The highest BCUT2D eigenvalue weighted by Gasteiger charge is 2.27. The number of hydrogen-bond donors (Lipinski definition) is 1. The maximum absolute atomic E-state index is 12.7. The van der Waals surface area contributed by atoms with Crippen LogP contribution in [-0.2, 0) is 10.0 Å². The fourth-order valence-corrected chi connectivity index (χ4v) is 3.13. The predicted octanol–water partition coefficient (Wildman–Crippen LogP) is 1.36. The van der Waals surface area contributed by atoms with Crippen molar-refractivity contribution >= 4 is 15.9 Å². The van der Waals surface area contributed by atoms with Gasteiger partial charge in [-0.05, 0) is 44.4 Å². The molecule has 1 unspecified atom stereocenters. The van der Waals surface area contributed by atoms with Crippen LogP contribution in [0.25, 0.3) is 0 Å². The van der Waals surface area contributed by atoms with Crippen molar-refractivity contribution in [1.29, 1.82) is 0 Å². The van der Waals surface area contributed by atoms with Crippen molar-refractivity contribution in [2.24, 2.45) is 5.14 Å². The normalized spacial score (nSPS) is 19.4. The number of hydrogen-bond acceptors (Lipinski definition) is 4. The average Bonchev–Trinajstić information content (AvgIpc) is 2.45. The Morgan fingerprint density at radius 3 is 2.67 bits per heavy atom. The quantitative estimate of drug-likeness (QED) is 0.912. The minimum atomic E-state index is -3.85. The summed E-state index contributed by atoms with van der Waals surface area (Å²) < 4.78 is 28.1. The molecule has 21 heavy (non-hydrogen) atoms. The van der Waals surface area contributed by atoms with E-state index in [9.17, 15) is 13.2 Å². The highest BCUT2D eigenvalue weighted by Crippen LogP contribution is 2.26. The van der Waals surface area contributed by atoms with E-state index >= 15 is 0 Å². The van der Waals surface area contributed by atoms with Crippen LogP contribution < -0.4 is 9.88 Å². The molecule has 1 aromatic rings. The standard InChI is InChI=1S/C14H20N2O4S/c1-10-5-3-4-8-16(10)14(17)12-9-11(21(15,18)19)6-7-13(12)20-2/h6-7,9-10H,3-5,8H2,1-2H3,(H2,15,18,19). The van der Waals surface area contributed by atoms with Crippen molar-refractivity contribution < 1.29 is 17.9 Å². The number of methoxy groups -OCH3 is 1. The molecule has 1 aromatic carbocycles. The van der Waals surface area contributed by atoms with Gasteiger partial charge in [-0.3, -0.25) is 4.79 Å². The lowest BCUT2D eigenvalue weighted by atomic mass is 10.0. The largest absolute Gasteiger partial charge is 0.496 e. The molecular weight excluding hydrogens is 292 g/mol. The van der Waals surface area contributed by atoms with Gasteiger partial charge in [-0.25, -0.2) is 13.6 Å². The van der Waals surface area contributed by atoms with Gasteiger partial charge in [0.25, 0.3) is 5.91 Å². The second-order valence-electron chi connectivity index (χ2n) is 5.25. The zero-order valence-electron chi connectivity index (χ0n) is 12.2. The van der Waals surface area contributed by atoms with Crippen LogP contribution in [0.1, 0.15) is 36.5 Å². The van der Waals surface area contributed by atoms with Gasteiger partial charge in [-0.2, -0.15) is 0 Å². The Kier molecular flexibility index (Phi) is 4.53. The molecule has 0 aliphatic carbocycles. The molecule has 1 heterocycles. The van der Waals surface area contributed by atoms with Crippen molar-refractivity contribution in [3.8, 4) is 5.75 Å². The minimum absolute atomic E-state index is 0.0867. The van der Waals surface area contributed by atoms with E-state index in [0.29, 0.717) is 12.3 Å². The van der Waals surface area contributed by atoms with Gasteiger partial charge < -0.3 is 9.64 Å². The number of primary sulfonamides is 1. The number of likely N-dealkylation sites (tertiary alicyclic amines) is 1. The summed E-state index contributed by atoms with van der Waals surface area (Å²) in [7, 11) is -2.41. The van der Waals surface area contributed by atoms with E-state index in [1.54, 1.807) is 4.90 Å². The number of benzene rings is 1. The van der Waals surface area contributed by atoms with Crippen LogP contribution in [0.4, 0.5) is 0 Å². The van der Waals surface area contributed by atoms with Crippen LogP contribution in [0.15, 0.2) is 23.1 Å². The lowest BCUT2D eigenvalue weighted by Crippen LogP contribution is -2.42. The number of amides is 1. The van der Waals surface area contributed by atoms with Crippen LogP contribution in [0.3, 0.4) is 0 Å². The zero-order valence-corrected chi connectivity index (χ0v) is 13.0. The third-order valence-electron chi connectivity index (χ3n) is 3.79. The van der Waals surface area contributed by atoms with Crippen molar-refractivity contribution in [2.75, 3.05) is 13.7 Å². The first-order valence-electron chi connectivity index (χ1n) is 6.86. The summed E-state index contributed by atoms with van der Waals surface area (Å²) in [4.78, 5) is 14.4. The summed E-state index contributed by atoms with van der Waals surface area (Å²) >= 11 is 0. The molecule has 1 aliphatic heterocycles. The van der Waals surface area contributed by atoms with E-state index in [1.807, 2.05) is 6.92 Å². The Balaban J connectivity index is 2.43. The van der Waals surface area contributed by atoms with Gasteiger partial charge in [-0.15, -0.1) is 0 Å². The summed E-state index contributed by atoms with van der Waals surface area (Å²) in [5.74, 6) is 0.134. The Hall–Kier alpha value is -1.60. The van der Waals surface area contributed by atoms with Gasteiger partial charge in [0.2, 0.25) is 10.0 Å². The van der Waals surface area contributed by atoms with Crippen molar-refractivity contribution in [3.63, 3.8) is 0 Å². The van der Waals surface area contributed by atoms with Crippen molar-refractivity contribution in [2.45, 2.75) is 37.1 Å². The fraction of sp³-hybridized carbons (Fsp3) is 0.500. The summed E-state index contributed by atoms with van der Waals surface area (Å²) in [5.41, 5.74) is 0.234. The second kappa shape index (κ2) is 6.03. The molecule has 1 aliphatic rings. The number of ether oxygens (including phenoxy) is 1. The Labute approximate surface area is 124 Å². The lowest BCUT2D eigenvalue weighted by Gasteiger charge is -2.33. The lowest BCUT2D eigenvalue weighted by molar-refractivity contribution is 0.0632. The summed E-state index contributed by atoms with van der Waals surface area (Å²) in [6.07, 6.45) is 3.00. The van der Waals surface area contributed by atoms with E-state index in [1.165, 1.54) is 25.3 Å². The van der Waals surface area contributed by atoms with E-state index in [-0.39, 0.29) is 22.4 Å². The van der Waals surface area contributed by atoms with Crippen molar-refractivity contribution in [1.82, 2.24) is 4.90 Å². The van der Waals surface area contributed by atoms with Crippen molar-refractivity contribution in [3.05, 3.63) is 23.8 Å². The molecule has 2 N–H and O–H groups in total. The van der Waals surface area contributed by atoms with E-state index in [0.717, 1.165) is 19.3 Å². The van der Waals surface area contributed by atoms with Crippen LogP contribution in [0.5, 0.6) is 5.75 Å². The molecule has 1 amide bonds. The third kappa shape index (κ3) is 3.36. The first kappa shape index (κ1) is 15.8. The van der Waals surface area contributed by atoms with Crippen LogP contribution in [-0.4, -0.2) is 38.9 Å². The molecule has 1 atom stereocenters. The Bertz CT molecular complexity index is 642. The number of piperidine rings is 1. The number of sulfonamides is 1. The number of carbonyl (C=O) groups is 1. The zero-order chi connectivity index (χ0) is 15.6. The topological polar surface area (TPSA) is 89.7 Å². The molecular formula is C14H20N2O4S. The average molecular weight is 312 g/mol. The number of carbonyl (C=O) groups excluding carboxylic acids is 1. The molecule has 6 nitrogen and oxygen atoms in total. The summed E-state index contributed by atoms with van der Waals surface area (Å²) in [5, 5.41) is 5.13. The molecule has 116 valence electrons. The number of rotatable bonds is 3. The molecule has 0 saturated carbocycles. The van der Waals surface area contributed by atoms with Crippen LogP contribution >= 0.6 is 0 Å². The van der Waals surface area contributed by atoms with Gasteiger partial charge in [-0.1, -0.05) is 0 Å². The van der Waals surface area contributed by atoms with Gasteiger partial charge >= 0.3 is 0 Å². The van der Waals surface area contributed by atoms with E-state index < -0.39 is 10.0 Å². The molecule has 1 fully saturated rings. The minimum Gasteiger partial charge on any atom is -0.496 e. The SMILES string of the molecule is COc1ccc(S(N)(=O)=O)cc1C(=O)N1CCCCC1C. The third-order valence-corrected chi connectivity index (χ3v) is 4.70. The maximum Gasteiger partial charge on any atom is 0.257 e. The monoisotopic (exact) mass is 312 g/mol. The van der Waals surface area contributed by atoms with Gasteiger partial charge in [0.1, 0.15) is 5.75 Å². The summed E-state index contributed by atoms with van der Waals surface area (Å²) in [6, 6.07) is 4.22. The second-order valence-corrected chi connectivity index (χ2v) is 6.81. The number of nitrogens with two attached hydrogens (primary N) is 1. The fourth-order valence-electron chi connectivity index (χ4n) is 2.59. The smallest absolute Gasteiger partial charge is 0.257 e. The Morgan fingerprint density at radius 1 is 1.38 bits per heavy atom.